The van der Waals surface area contributed by atoms with Gasteiger partial charge in [-0.25, -0.2) is 0 Å². The minimum atomic E-state index is -0.507. The summed E-state index contributed by atoms with van der Waals surface area (Å²) in [6.07, 6.45) is 3.47. The summed E-state index contributed by atoms with van der Waals surface area (Å²) in [7, 11) is 0. The number of thiocarbonyl (C=S) groups is 1. The Hall–Kier alpha value is -3.03. The number of halogens is 1. The molecule has 0 unspecified atom stereocenters. The average molecular weight is 494 g/mol. The minimum Gasteiger partial charge on any atom is -0.317 e. The summed E-state index contributed by atoms with van der Waals surface area (Å²) < 4.78 is 2.85. The molecule has 2 amide bonds. The summed E-state index contributed by atoms with van der Waals surface area (Å²) in [6.45, 7) is 4.21. The number of nitrogens with zero attached hydrogens (tertiary/aromatic N) is 2. The van der Waals surface area contributed by atoms with E-state index in [1.165, 1.54) is 4.90 Å². The zero-order valence-corrected chi connectivity index (χ0v) is 19.4. The number of hydrogen-bond acceptors (Lipinski definition) is 3. The Bertz CT molecular complexity index is 1210. The molecule has 31 heavy (non-hydrogen) atoms. The lowest BCUT2D eigenvalue weighted by atomic mass is 10.0. The van der Waals surface area contributed by atoms with E-state index in [0.29, 0.717) is 17.3 Å². The highest BCUT2D eigenvalue weighted by molar-refractivity contribution is 9.10. The molecule has 3 aromatic rings. The van der Waals surface area contributed by atoms with E-state index in [4.69, 9.17) is 12.2 Å². The third-order valence-corrected chi connectivity index (χ3v) is 5.86. The van der Waals surface area contributed by atoms with Crippen molar-refractivity contribution >= 4 is 56.8 Å². The SMILES string of the molecule is CC(C)c1ccc(N2C(=O)/C(=C/c3cccn3-c3cccc(Br)c3)C(=O)NC2=S)cc1. The number of anilines is 1. The molecule has 5 nitrogen and oxygen atoms in total. The quantitative estimate of drug-likeness (QED) is 0.309. The summed E-state index contributed by atoms with van der Waals surface area (Å²) in [6, 6.07) is 19.1. The Morgan fingerprint density at radius 2 is 1.74 bits per heavy atom. The molecular formula is C24H20BrN3O2S. The molecule has 1 aromatic heterocycles. The van der Waals surface area contributed by atoms with Crippen molar-refractivity contribution in [2.75, 3.05) is 4.90 Å². The molecule has 0 spiro atoms. The first-order valence-corrected chi connectivity index (χ1v) is 11.0. The highest BCUT2D eigenvalue weighted by Crippen LogP contribution is 2.25. The maximum Gasteiger partial charge on any atom is 0.270 e. The number of benzene rings is 2. The van der Waals surface area contributed by atoms with Crippen LogP contribution in [-0.4, -0.2) is 21.5 Å². The van der Waals surface area contributed by atoms with Crippen molar-refractivity contribution in [3.8, 4) is 5.69 Å². The molecule has 0 radical (unpaired) electrons. The lowest BCUT2D eigenvalue weighted by Crippen LogP contribution is -2.54. The number of nitrogens with one attached hydrogen (secondary N) is 1. The number of aromatic nitrogens is 1. The molecule has 4 rings (SSSR count). The van der Waals surface area contributed by atoms with Crippen molar-refractivity contribution in [2.24, 2.45) is 0 Å². The first-order valence-electron chi connectivity index (χ1n) is 9.80. The van der Waals surface area contributed by atoms with Gasteiger partial charge in [0.05, 0.1) is 5.69 Å². The van der Waals surface area contributed by atoms with E-state index in [1.54, 1.807) is 6.08 Å². The largest absolute Gasteiger partial charge is 0.317 e. The fourth-order valence-electron chi connectivity index (χ4n) is 3.42. The molecular weight excluding hydrogens is 474 g/mol. The number of carbonyl (C=O) groups is 2. The van der Waals surface area contributed by atoms with Gasteiger partial charge >= 0.3 is 0 Å². The van der Waals surface area contributed by atoms with Crippen molar-refractivity contribution in [2.45, 2.75) is 19.8 Å². The molecule has 2 heterocycles. The smallest absolute Gasteiger partial charge is 0.270 e. The molecule has 2 aromatic carbocycles. The van der Waals surface area contributed by atoms with Crippen LogP contribution in [0.15, 0.2) is 76.9 Å². The predicted molar refractivity (Wildman–Crippen MR) is 130 cm³/mol. The Morgan fingerprint density at radius 1 is 1.00 bits per heavy atom. The van der Waals surface area contributed by atoms with Gasteiger partial charge in [0.2, 0.25) is 0 Å². The Kier molecular flexibility index (Phi) is 5.89. The van der Waals surface area contributed by atoms with Crippen molar-refractivity contribution in [1.82, 2.24) is 9.88 Å². The lowest BCUT2D eigenvalue weighted by Gasteiger charge is -2.29. The summed E-state index contributed by atoms with van der Waals surface area (Å²) >= 11 is 8.78. The van der Waals surface area contributed by atoms with Gasteiger partial charge in [0, 0.05) is 22.1 Å². The van der Waals surface area contributed by atoms with Gasteiger partial charge in [-0.15, -0.1) is 0 Å². The van der Waals surface area contributed by atoms with Gasteiger partial charge in [-0.3, -0.25) is 19.8 Å². The summed E-state index contributed by atoms with van der Waals surface area (Å²) in [5.41, 5.74) is 3.42. The van der Waals surface area contributed by atoms with Crippen LogP contribution in [0.3, 0.4) is 0 Å². The minimum absolute atomic E-state index is 0.0245. The molecule has 156 valence electrons. The standard InChI is InChI=1S/C24H20BrN3O2S/c1-15(2)16-8-10-18(11-9-16)28-23(30)21(22(29)26-24(28)31)14-20-7-4-12-27(20)19-6-3-5-17(25)13-19/h3-15H,1-2H3,(H,26,29,31)/b21-14+. The van der Waals surface area contributed by atoms with Gasteiger partial charge in [-0.05, 0) is 72.2 Å². The molecule has 1 aliphatic rings. The lowest BCUT2D eigenvalue weighted by molar-refractivity contribution is -0.122. The van der Waals surface area contributed by atoms with Crippen molar-refractivity contribution in [3.63, 3.8) is 0 Å². The molecule has 7 heteroatoms. The van der Waals surface area contributed by atoms with Gasteiger partial charge in [-0.1, -0.05) is 48.0 Å². The third-order valence-electron chi connectivity index (χ3n) is 5.08. The fraction of sp³-hybridized carbons (Fsp3) is 0.125. The van der Waals surface area contributed by atoms with Gasteiger partial charge in [0.15, 0.2) is 5.11 Å². The van der Waals surface area contributed by atoms with E-state index in [1.807, 2.05) is 71.4 Å². The van der Waals surface area contributed by atoms with E-state index in [0.717, 1.165) is 15.7 Å². The summed E-state index contributed by atoms with van der Waals surface area (Å²) in [5, 5.41) is 2.71. The number of amides is 2. The van der Waals surface area contributed by atoms with Gasteiger partial charge in [0.25, 0.3) is 11.8 Å². The van der Waals surface area contributed by atoms with Crippen LogP contribution in [-0.2, 0) is 9.59 Å². The Labute approximate surface area is 194 Å². The second kappa shape index (κ2) is 8.61. The van der Waals surface area contributed by atoms with Crippen molar-refractivity contribution in [3.05, 3.63) is 88.2 Å². The first-order chi connectivity index (χ1) is 14.8. The van der Waals surface area contributed by atoms with Crippen LogP contribution < -0.4 is 10.2 Å². The second-order valence-electron chi connectivity index (χ2n) is 7.49. The van der Waals surface area contributed by atoms with E-state index >= 15 is 0 Å². The Balaban J connectivity index is 1.71. The molecule has 1 saturated heterocycles. The molecule has 0 aliphatic carbocycles. The van der Waals surface area contributed by atoms with Gasteiger partial charge in [0.1, 0.15) is 5.57 Å². The van der Waals surface area contributed by atoms with Crippen molar-refractivity contribution < 1.29 is 9.59 Å². The van der Waals surface area contributed by atoms with Crippen LogP contribution in [0.2, 0.25) is 0 Å². The predicted octanol–water partition coefficient (Wildman–Crippen LogP) is 5.19. The Morgan fingerprint density at radius 3 is 2.42 bits per heavy atom. The normalized spacial score (nSPS) is 15.7. The van der Waals surface area contributed by atoms with Crippen LogP contribution in [0.5, 0.6) is 0 Å². The van der Waals surface area contributed by atoms with Crippen LogP contribution >= 0.6 is 28.1 Å². The van der Waals surface area contributed by atoms with Crippen LogP contribution in [0.25, 0.3) is 11.8 Å². The van der Waals surface area contributed by atoms with E-state index in [-0.39, 0.29) is 10.7 Å². The highest BCUT2D eigenvalue weighted by Gasteiger charge is 2.34. The average Bonchev–Trinajstić information content (AvgIpc) is 3.20. The summed E-state index contributed by atoms with van der Waals surface area (Å²) in [5.74, 6) is -0.584. The number of carbonyl (C=O) groups excluding carboxylic acids is 2. The topological polar surface area (TPSA) is 54.3 Å². The number of rotatable bonds is 4. The maximum atomic E-state index is 13.3. The molecule has 1 N–H and O–H groups in total. The molecule has 0 saturated carbocycles. The van der Waals surface area contributed by atoms with E-state index in [2.05, 4.69) is 35.1 Å². The van der Waals surface area contributed by atoms with Crippen LogP contribution in [0, 0.1) is 0 Å². The van der Waals surface area contributed by atoms with Gasteiger partial charge in [-0.2, -0.15) is 0 Å². The fourth-order valence-corrected chi connectivity index (χ4v) is 4.09. The summed E-state index contributed by atoms with van der Waals surface area (Å²) in [4.78, 5) is 27.3. The molecule has 1 aliphatic heterocycles. The second-order valence-corrected chi connectivity index (χ2v) is 8.79. The van der Waals surface area contributed by atoms with Crippen molar-refractivity contribution in [1.29, 1.82) is 0 Å². The van der Waals surface area contributed by atoms with Crippen LogP contribution in [0.1, 0.15) is 31.0 Å². The monoisotopic (exact) mass is 493 g/mol. The zero-order valence-electron chi connectivity index (χ0n) is 17.0. The zero-order chi connectivity index (χ0) is 22.1. The van der Waals surface area contributed by atoms with E-state index < -0.39 is 11.8 Å². The molecule has 1 fully saturated rings. The maximum absolute atomic E-state index is 13.3. The molecule has 0 bridgehead atoms. The number of hydrogen-bond donors (Lipinski definition) is 1. The van der Waals surface area contributed by atoms with Crippen LogP contribution in [0.4, 0.5) is 5.69 Å². The van der Waals surface area contributed by atoms with Gasteiger partial charge < -0.3 is 4.57 Å². The highest BCUT2D eigenvalue weighted by atomic mass is 79.9. The molecule has 0 atom stereocenters. The van der Waals surface area contributed by atoms with E-state index in [9.17, 15) is 9.59 Å². The first kappa shape index (κ1) is 21.2. The third kappa shape index (κ3) is 4.24.